The molecule has 0 N–H and O–H groups in total. The van der Waals surface area contributed by atoms with Crippen LogP contribution < -0.4 is 0 Å². The molecular weight excluding hydrogens is 298 g/mol. The summed E-state index contributed by atoms with van der Waals surface area (Å²) >= 11 is 3.23. The first-order valence-electron chi connectivity index (χ1n) is 7.20. The second-order valence-electron chi connectivity index (χ2n) is 5.60. The van der Waals surface area contributed by atoms with Crippen LogP contribution in [0.2, 0.25) is 0 Å². The summed E-state index contributed by atoms with van der Waals surface area (Å²) in [5.41, 5.74) is 3.74. The van der Waals surface area contributed by atoms with Gasteiger partial charge in [-0.15, -0.1) is 0 Å². The van der Waals surface area contributed by atoms with Crippen LogP contribution >= 0.6 is 0 Å². The van der Waals surface area contributed by atoms with E-state index in [0.717, 1.165) is 18.0 Å². The summed E-state index contributed by atoms with van der Waals surface area (Å²) < 4.78 is 5.35. The zero-order valence-corrected chi connectivity index (χ0v) is 13.5. The average molecular weight is 317 g/mol. The van der Waals surface area contributed by atoms with Crippen LogP contribution in [0.5, 0.6) is 0 Å². The summed E-state index contributed by atoms with van der Waals surface area (Å²) in [5.74, 6) is 0.753. The summed E-state index contributed by atoms with van der Waals surface area (Å²) in [7, 11) is 0. The van der Waals surface area contributed by atoms with Gasteiger partial charge in [-0.25, -0.2) is 0 Å². The first-order valence-corrected chi connectivity index (χ1v) is 7.84. The van der Waals surface area contributed by atoms with Gasteiger partial charge in [0.15, 0.2) is 0 Å². The summed E-state index contributed by atoms with van der Waals surface area (Å²) in [6.07, 6.45) is 12.6. The van der Waals surface area contributed by atoms with Crippen LogP contribution in [0.1, 0.15) is 36.8 Å². The molecule has 0 saturated heterocycles. The fraction of sp³-hybridized carbons (Fsp3) is 0.294. The average Bonchev–Trinajstić information content (AvgIpc) is 3.21. The van der Waals surface area contributed by atoms with Crippen LogP contribution in [-0.2, 0) is 22.4 Å². The van der Waals surface area contributed by atoms with E-state index in [0.29, 0.717) is 0 Å². The topological polar surface area (TPSA) is 22.8 Å². The molecule has 3 rings (SSSR count). The van der Waals surface area contributed by atoms with Crippen LogP contribution in [0.3, 0.4) is 0 Å². The molecule has 3 nitrogen and oxygen atoms in total. The Kier molecular flexibility index (Phi) is 4.10. The number of allylic oxidation sites excluding steroid dienone is 1. The van der Waals surface area contributed by atoms with Crippen molar-refractivity contribution < 1.29 is 15.9 Å². The fourth-order valence-electron chi connectivity index (χ4n) is 2.44. The Hall–Kier alpha value is -1.63. The van der Waals surface area contributed by atoms with Gasteiger partial charge in [-0.05, 0) is 0 Å². The molecule has 0 radical (unpaired) electrons. The van der Waals surface area contributed by atoms with Crippen molar-refractivity contribution >= 4 is 12.3 Å². The Morgan fingerprint density at radius 2 is 2.33 bits per heavy atom. The maximum absolute atomic E-state index is 4.33. The molecule has 0 aliphatic heterocycles. The zero-order valence-electron chi connectivity index (χ0n) is 12.2. The summed E-state index contributed by atoms with van der Waals surface area (Å²) in [6, 6.07) is 4.36. The predicted octanol–water partition coefficient (Wildman–Crippen LogP) is 3.84. The number of hydrogen-bond acceptors (Lipinski definition) is 1. The molecule has 1 aliphatic carbocycles. The third-order valence-electron chi connectivity index (χ3n) is 3.68. The molecule has 0 unspecified atom stereocenters. The molecule has 0 atom stereocenters. The van der Waals surface area contributed by atoms with Crippen LogP contribution in [0.15, 0.2) is 42.9 Å². The minimum atomic E-state index is 0.753. The van der Waals surface area contributed by atoms with E-state index in [2.05, 4.69) is 63.5 Å². The number of pyridine rings is 1. The van der Waals surface area contributed by atoms with Gasteiger partial charge in [0.05, 0.1) is 0 Å². The van der Waals surface area contributed by atoms with Crippen molar-refractivity contribution in [3.63, 3.8) is 0 Å². The summed E-state index contributed by atoms with van der Waals surface area (Å²) in [5, 5.41) is 4.33. The molecule has 21 heavy (non-hydrogen) atoms. The van der Waals surface area contributed by atoms with Gasteiger partial charge in [0.25, 0.3) is 0 Å². The van der Waals surface area contributed by atoms with Crippen molar-refractivity contribution in [2.24, 2.45) is 0 Å². The van der Waals surface area contributed by atoms with Crippen molar-refractivity contribution in [1.82, 2.24) is 14.3 Å². The molecule has 2 heterocycles. The molecule has 108 valence electrons. The van der Waals surface area contributed by atoms with Gasteiger partial charge < -0.3 is 0 Å². The van der Waals surface area contributed by atoms with Crippen molar-refractivity contribution in [2.75, 3.05) is 0 Å². The third kappa shape index (κ3) is 3.34. The fourth-order valence-corrected chi connectivity index (χ4v) is 2.98. The second kappa shape index (κ2) is 6.01. The first kappa shape index (κ1) is 14.3. The molecule has 1 saturated carbocycles. The van der Waals surface area contributed by atoms with Crippen molar-refractivity contribution in [3.05, 3.63) is 58.2 Å². The molecular formula is C17H19CrN3. The molecule has 0 aromatic carbocycles. The van der Waals surface area contributed by atoms with Gasteiger partial charge in [0, 0.05) is 0 Å². The number of hydrogen-bond donors (Lipinski definition) is 0. The Morgan fingerprint density at radius 3 is 3.00 bits per heavy atom. The van der Waals surface area contributed by atoms with E-state index >= 15 is 0 Å². The zero-order chi connectivity index (χ0) is 14.8. The molecule has 4 heteroatoms. The maximum atomic E-state index is 4.33. The third-order valence-corrected chi connectivity index (χ3v) is 4.38. The van der Waals surface area contributed by atoms with Gasteiger partial charge in [-0.3, -0.25) is 0 Å². The second-order valence-corrected chi connectivity index (χ2v) is 6.20. The van der Waals surface area contributed by atoms with Gasteiger partial charge in [-0.2, -0.15) is 0 Å². The predicted molar refractivity (Wildman–Crippen MR) is 81.9 cm³/mol. The van der Waals surface area contributed by atoms with Crippen molar-refractivity contribution in [3.8, 4) is 0 Å². The normalized spacial score (nSPS) is 15.2. The molecule has 2 aromatic rings. The number of rotatable bonds is 5. The van der Waals surface area contributed by atoms with E-state index in [1.165, 1.54) is 28.1 Å². The van der Waals surface area contributed by atoms with Crippen LogP contribution in [0.25, 0.3) is 12.3 Å². The van der Waals surface area contributed by atoms with Gasteiger partial charge in [0.2, 0.25) is 0 Å². The van der Waals surface area contributed by atoms with Crippen LogP contribution in [0, 0.1) is 4.16 Å². The van der Waals surface area contributed by atoms with E-state index in [9.17, 15) is 0 Å². The first-order chi connectivity index (χ1) is 10.2. The minimum absolute atomic E-state index is 0.753. The Bertz CT molecular complexity index is 747. The molecule has 0 amide bonds. The van der Waals surface area contributed by atoms with E-state index in [-0.39, 0.29) is 0 Å². The standard InChI is InChI=1S/C17H19N3.Cr/c1-3-15-9-18-20(12-15)11-14(2)10-19-8-4-5-17(13-19)16-6-7-16;/h3-5,8-10,12,16H,1,6-7,11H2,2H3;/b14-10+;. The van der Waals surface area contributed by atoms with Crippen molar-refractivity contribution in [2.45, 2.75) is 32.2 Å². The van der Waals surface area contributed by atoms with E-state index in [1.807, 2.05) is 23.2 Å². The van der Waals surface area contributed by atoms with Crippen LogP contribution in [0.4, 0.5) is 0 Å². The Morgan fingerprint density at radius 1 is 1.52 bits per heavy atom. The number of nitrogens with zero attached hydrogens (tertiary/aromatic N) is 3. The number of aromatic nitrogens is 3. The molecule has 0 spiro atoms. The Balaban J connectivity index is 1.82. The van der Waals surface area contributed by atoms with Crippen LogP contribution in [-0.4, -0.2) is 14.3 Å². The Labute approximate surface area is 133 Å². The van der Waals surface area contributed by atoms with E-state index in [4.69, 9.17) is 0 Å². The molecule has 0 bridgehead atoms. The SMILES string of the molecule is C=Cc1cnn(C/C(C)=C/n2cccc(C3CC3)[c]2=[Cr])c1. The molecule has 2 aromatic heterocycles. The van der Waals surface area contributed by atoms with E-state index in [1.54, 1.807) is 0 Å². The van der Waals surface area contributed by atoms with Gasteiger partial charge in [0.1, 0.15) is 0 Å². The molecule has 1 aliphatic rings. The summed E-state index contributed by atoms with van der Waals surface area (Å²) in [4.78, 5) is 0. The van der Waals surface area contributed by atoms with Crippen molar-refractivity contribution in [1.29, 1.82) is 0 Å². The monoisotopic (exact) mass is 317 g/mol. The quantitative estimate of drug-likeness (QED) is 0.821. The van der Waals surface area contributed by atoms with E-state index < -0.39 is 0 Å². The molecule has 1 fully saturated rings. The van der Waals surface area contributed by atoms with Gasteiger partial charge >= 0.3 is 133 Å². The summed E-state index contributed by atoms with van der Waals surface area (Å²) in [6.45, 7) is 6.67. The van der Waals surface area contributed by atoms with Gasteiger partial charge in [-0.1, -0.05) is 0 Å².